The maximum absolute atomic E-state index is 9.24. The van der Waals surface area contributed by atoms with Crippen LogP contribution in [0.3, 0.4) is 0 Å². The van der Waals surface area contributed by atoms with E-state index in [1.54, 1.807) is 0 Å². The summed E-state index contributed by atoms with van der Waals surface area (Å²) in [4.78, 5) is 0. The monoisotopic (exact) mass is 200 g/mol. The first kappa shape index (κ1) is 13.5. The van der Waals surface area contributed by atoms with Crippen LogP contribution in [0.5, 0.6) is 0 Å². The predicted molar refractivity (Wildman–Crippen MR) is 60.4 cm³/mol. The van der Waals surface area contributed by atoms with E-state index < -0.39 is 6.10 Å². The minimum absolute atomic E-state index is 0.462. The molecule has 0 bridgehead atoms. The molecule has 0 aliphatic heterocycles. The molecule has 0 aromatic carbocycles. The summed E-state index contributed by atoms with van der Waals surface area (Å²) in [5.74, 6) is 0. The second kappa shape index (κ2) is 10.6. The van der Waals surface area contributed by atoms with Crippen LogP contribution in [0, 0.1) is 0 Å². The van der Waals surface area contributed by atoms with Crippen LogP contribution in [-0.4, -0.2) is 16.3 Å². The largest absolute Gasteiger partial charge is 0.516 e. The molecule has 2 heteroatoms. The molecule has 0 fully saturated rings. The van der Waals surface area contributed by atoms with Crippen molar-refractivity contribution in [2.45, 2.75) is 64.4 Å². The summed E-state index contributed by atoms with van der Waals surface area (Å²) >= 11 is 0. The molecule has 0 amide bonds. The molecule has 2 nitrogen and oxygen atoms in total. The highest BCUT2D eigenvalue weighted by molar-refractivity contribution is 4.81. The van der Waals surface area contributed by atoms with Crippen LogP contribution in [0.1, 0.15) is 58.3 Å². The van der Waals surface area contributed by atoms with Crippen molar-refractivity contribution in [1.82, 2.24) is 0 Å². The Morgan fingerprint density at radius 1 is 1.00 bits per heavy atom. The highest BCUT2D eigenvalue weighted by Crippen LogP contribution is 2.09. The number of aliphatic hydroxyl groups is 2. The van der Waals surface area contributed by atoms with Gasteiger partial charge in [0.15, 0.2) is 0 Å². The normalized spacial score (nSPS) is 13.6. The number of rotatable bonds is 9. The third-order valence-corrected chi connectivity index (χ3v) is 2.41. The summed E-state index contributed by atoms with van der Waals surface area (Å²) in [5.41, 5.74) is 0. The van der Waals surface area contributed by atoms with Crippen LogP contribution in [0.4, 0.5) is 0 Å². The van der Waals surface area contributed by atoms with Crippen molar-refractivity contribution >= 4 is 0 Å². The summed E-state index contributed by atoms with van der Waals surface area (Å²) in [5, 5.41) is 17.6. The lowest BCUT2D eigenvalue weighted by molar-refractivity contribution is 0.205. The molecule has 0 aliphatic carbocycles. The Kier molecular flexibility index (Phi) is 10.2. The van der Waals surface area contributed by atoms with Crippen LogP contribution in [0.15, 0.2) is 12.3 Å². The number of aliphatic hydroxyl groups excluding tert-OH is 2. The zero-order valence-electron chi connectivity index (χ0n) is 9.28. The quantitative estimate of drug-likeness (QED) is 0.441. The lowest BCUT2D eigenvalue weighted by Crippen LogP contribution is -2.01. The molecular formula is C12H24O2. The molecule has 1 atom stereocenters. The first-order valence-electron chi connectivity index (χ1n) is 5.80. The van der Waals surface area contributed by atoms with Gasteiger partial charge in [-0.3, -0.25) is 0 Å². The highest BCUT2D eigenvalue weighted by Gasteiger charge is 1.98. The Morgan fingerprint density at radius 2 is 1.57 bits per heavy atom. The third kappa shape index (κ3) is 9.59. The molecule has 0 spiro atoms. The van der Waals surface area contributed by atoms with Crippen LogP contribution in [-0.2, 0) is 0 Å². The average molecular weight is 200 g/mol. The SMILES string of the molecule is CCCCCCCCCC(O)/C=C\O. The van der Waals surface area contributed by atoms with Crippen molar-refractivity contribution in [1.29, 1.82) is 0 Å². The molecule has 0 saturated carbocycles. The summed E-state index contributed by atoms with van der Waals surface area (Å²) in [6.07, 6.45) is 11.5. The summed E-state index contributed by atoms with van der Waals surface area (Å²) in [6.45, 7) is 2.22. The Hall–Kier alpha value is -0.500. The van der Waals surface area contributed by atoms with Gasteiger partial charge in [0.05, 0.1) is 12.4 Å². The van der Waals surface area contributed by atoms with Crippen LogP contribution in [0.25, 0.3) is 0 Å². The summed E-state index contributed by atoms with van der Waals surface area (Å²) in [7, 11) is 0. The van der Waals surface area contributed by atoms with Gasteiger partial charge in [-0.05, 0) is 12.5 Å². The molecule has 0 aromatic rings. The Bertz CT molecular complexity index is 132. The number of hydrogen-bond donors (Lipinski definition) is 2. The fourth-order valence-electron chi connectivity index (χ4n) is 1.51. The predicted octanol–water partition coefficient (Wildman–Crippen LogP) is 3.56. The van der Waals surface area contributed by atoms with Crippen molar-refractivity contribution in [2.24, 2.45) is 0 Å². The van der Waals surface area contributed by atoms with Gasteiger partial charge >= 0.3 is 0 Å². The molecule has 84 valence electrons. The second-order valence-corrected chi connectivity index (χ2v) is 3.82. The summed E-state index contributed by atoms with van der Waals surface area (Å²) in [6, 6.07) is 0. The van der Waals surface area contributed by atoms with Gasteiger partial charge in [0, 0.05) is 0 Å². The van der Waals surface area contributed by atoms with Crippen LogP contribution in [0.2, 0.25) is 0 Å². The zero-order valence-corrected chi connectivity index (χ0v) is 9.28. The van der Waals surface area contributed by atoms with Crippen LogP contribution >= 0.6 is 0 Å². The van der Waals surface area contributed by atoms with E-state index >= 15 is 0 Å². The molecular weight excluding hydrogens is 176 g/mol. The third-order valence-electron chi connectivity index (χ3n) is 2.41. The minimum atomic E-state index is -0.462. The van der Waals surface area contributed by atoms with Gasteiger partial charge in [0.1, 0.15) is 0 Å². The molecule has 0 saturated heterocycles. The van der Waals surface area contributed by atoms with Gasteiger partial charge < -0.3 is 10.2 Å². The van der Waals surface area contributed by atoms with Crippen molar-refractivity contribution in [3.63, 3.8) is 0 Å². The molecule has 0 aliphatic rings. The van der Waals surface area contributed by atoms with Crippen LogP contribution < -0.4 is 0 Å². The van der Waals surface area contributed by atoms with Crippen molar-refractivity contribution in [3.05, 3.63) is 12.3 Å². The Morgan fingerprint density at radius 3 is 2.14 bits per heavy atom. The number of unbranched alkanes of at least 4 members (excludes halogenated alkanes) is 6. The van der Waals surface area contributed by atoms with Crippen molar-refractivity contribution in [2.75, 3.05) is 0 Å². The molecule has 0 radical (unpaired) electrons. The van der Waals surface area contributed by atoms with E-state index in [0.29, 0.717) is 0 Å². The fraction of sp³-hybridized carbons (Fsp3) is 0.833. The summed E-state index contributed by atoms with van der Waals surface area (Å²) < 4.78 is 0. The smallest absolute Gasteiger partial charge is 0.0777 e. The van der Waals surface area contributed by atoms with E-state index in [9.17, 15) is 5.11 Å². The molecule has 1 unspecified atom stereocenters. The van der Waals surface area contributed by atoms with Gasteiger partial charge in [-0.1, -0.05) is 51.9 Å². The van der Waals surface area contributed by atoms with E-state index in [2.05, 4.69) is 6.92 Å². The molecule has 14 heavy (non-hydrogen) atoms. The van der Waals surface area contributed by atoms with Crippen molar-refractivity contribution in [3.8, 4) is 0 Å². The van der Waals surface area contributed by atoms with Gasteiger partial charge in [-0.2, -0.15) is 0 Å². The standard InChI is InChI=1S/C12H24O2/c1-2-3-4-5-6-7-8-9-12(14)10-11-13/h10-14H,2-9H2,1H3/b11-10-. The first-order valence-corrected chi connectivity index (χ1v) is 5.80. The van der Waals surface area contributed by atoms with Gasteiger partial charge in [0.25, 0.3) is 0 Å². The average Bonchev–Trinajstić information content (AvgIpc) is 2.17. The lowest BCUT2D eigenvalue weighted by atomic mass is 10.1. The minimum Gasteiger partial charge on any atom is -0.516 e. The van der Waals surface area contributed by atoms with E-state index in [0.717, 1.165) is 19.1 Å². The number of hydrogen-bond acceptors (Lipinski definition) is 2. The molecule has 0 aromatic heterocycles. The second-order valence-electron chi connectivity index (χ2n) is 3.82. The topological polar surface area (TPSA) is 40.5 Å². The van der Waals surface area contributed by atoms with Crippen molar-refractivity contribution < 1.29 is 10.2 Å². The molecule has 0 rings (SSSR count). The Labute approximate surface area is 87.7 Å². The maximum Gasteiger partial charge on any atom is 0.0777 e. The fourth-order valence-corrected chi connectivity index (χ4v) is 1.51. The lowest BCUT2D eigenvalue weighted by Gasteiger charge is -2.04. The Balaban J connectivity index is 3.05. The molecule has 0 heterocycles. The van der Waals surface area contributed by atoms with E-state index in [1.165, 1.54) is 44.6 Å². The van der Waals surface area contributed by atoms with Gasteiger partial charge in [0.2, 0.25) is 0 Å². The van der Waals surface area contributed by atoms with E-state index in [4.69, 9.17) is 5.11 Å². The highest BCUT2D eigenvalue weighted by atomic mass is 16.3. The molecule has 2 N–H and O–H groups in total. The zero-order chi connectivity index (χ0) is 10.6. The van der Waals surface area contributed by atoms with E-state index in [-0.39, 0.29) is 0 Å². The van der Waals surface area contributed by atoms with Gasteiger partial charge in [-0.25, -0.2) is 0 Å². The first-order chi connectivity index (χ1) is 6.81. The van der Waals surface area contributed by atoms with Gasteiger partial charge in [-0.15, -0.1) is 0 Å². The van der Waals surface area contributed by atoms with E-state index in [1.807, 2.05) is 0 Å². The maximum atomic E-state index is 9.24.